The lowest BCUT2D eigenvalue weighted by Crippen LogP contribution is -2.46. The van der Waals surface area contributed by atoms with Crippen molar-refractivity contribution in [1.29, 1.82) is 0 Å². The van der Waals surface area contributed by atoms with Crippen molar-refractivity contribution >= 4 is 17.5 Å². The van der Waals surface area contributed by atoms with Crippen LogP contribution in [0.2, 0.25) is 0 Å². The van der Waals surface area contributed by atoms with Gasteiger partial charge in [0.25, 0.3) is 5.91 Å². The largest absolute Gasteiger partial charge is 0.484 e. The molecular weight excluding hydrogens is 446 g/mol. The van der Waals surface area contributed by atoms with Crippen molar-refractivity contribution < 1.29 is 19.0 Å². The number of nitrogens with zero attached hydrogens (tertiary/aromatic N) is 3. The van der Waals surface area contributed by atoms with Gasteiger partial charge < -0.3 is 29.7 Å². The predicted molar refractivity (Wildman–Crippen MR) is 133 cm³/mol. The fourth-order valence-corrected chi connectivity index (χ4v) is 4.35. The molecule has 9 heteroatoms. The second-order valence-electron chi connectivity index (χ2n) is 8.83. The average molecular weight is 476 g/mol. The van der Waals surface area contributed by atoms with Gasteiger partial charge in [0.15, 0.2) is 6.61 Å². The first-order chi connectivity index (χ1) is 17.1. The van der Waals surface area contributed by atoms with E-state index in [1.165, 1.54) is 0 Å². The van der Waals surface area contributed by atoms with Crippen LogP contribution in [0.15, 0.2) is 66.9 Å². The Labute approximate surface area is 204 Å². The molecular formula is C26H29N5O4. The van der Waals surface area contributed by atoms with E-state index in [9.17, 15) is 4.79 Å². The highest BCUT2D eigenvalue weighted by atomic mass is 16.6. The molecule has 1 amide bonds. The molecule has 2 fully saturated rings. The van der Waals surface area contributed by atoms with Gasteiger partial charge in [-0.15, -0.1) is 0 Å². The highest BCUT2D eigenvalue weighted by molar-refractivity contribution is 5.78. The number of fused-ring (bicyclic) bond motifs is 1. The Hall–Kier alpha value is -3.69. The number of aromatic nitrogens is 2. The third-order valence-electron chi connectivity index (χ3n) is 6.16. The summed E-state index contributed by atoms with van der Waals surface area (Å²) in [7, 11) is 4.02. The molecule has 0 radical (unpaired) electrons. The van der Waals surface area contributed by atoms with Crippen molar-refractivity contribution in [1.82, 2.24) is 15.3 Å². The number of carbonyl (C=O) groups excluding carboxylic acids is 1. The van der Waals surface area contributed by atoms with E-state index >= 15 is 0 Å². The summed E-state index contributed by atoms with van der Waals surface area (Å²) in [6, 6.07) is 19.0. The zero-order valence-electron chi connectivity index (χ0n) is 19.8. The van der Waals surface area contributed by atoms with E-state index < -0.39 is 0 Å². The predicted octanol–water partition coefficient (Wildman–Crippen LogP) is 2.35. The van der Waals surface area contributed by atoms with E-state index in [4.69, 9.17) is 14.2 Å². The standard InChI is InChI=1S/C26H29N5O4/c1-31(2)18-10-8-17(9-11-18)20-12-13-27-26(29-20)30-22-15-35-24-21(14-34-25(22)24)28-23(32)16-33-19-6-4-3-5-7-19/h3-13,21-22,24-25H,14-16H2,1-2H3,(H,28,32)(H,27,29,30)/t21-,22-,24+,25+/m0/s1. The van der Waals surface area contributed by atoms with E-state index in [1.807, 2.05) is 62.6 Å². The Bertz CT molecular complexity index is 1140. The highest BCUT2D eigenvalue weighted by Crippen LogP contribution is 2.29. The van der Waals surface area contributed by atoms with Crippen molar-refractivity contribution in [2.75, 3.05) is 44.1 Å². The SMILES string of the molecule is CN(C)c1ccc(-c2ccnc(N[C@H]3CO[C@H]4[C@@H]3OC[C@@H]4NC(=O)COc3ccccc3)n2)cc1. The number of anilines is 2. The van der Waals surface area contributed by atoms with Crippen molar-refractivity contribution in [2.45, 2.75) is 24.3 Å². The van der Waals surface area contributed by atoms with Gasteiger partial charge >= 0.3 is 0 Å². The Morgan fingerprint density at radius 3 is 2.46 bits per heavy atom. The minimum atomic E-state index is -0.241. The van der Waals surface area contributed by atoms with E-state index in [2.05, 4.69) is 37.6 Å². The van der Waals surface area contributed by atoms with Crippen LogP contribution in [0.5, 0.6) is 5.75 Å². The Morgan fingerprint density at radius 1 is 1.00 bits per heavy atom. The molecule has 0 saturated carbocycles. The monoisotopic (exact) mass is 475 g/mol. The molecule has 9 nitrogen and oxygen atoms in total. The summed E-state index contributed by atoms with van der Waals surface area (Å²) in [5.41, 5.74) is 2.97. The third-order valence-corrected chi connectivity index (χ3v) is 6.16. The fourth-order valence-electron chi connectivity index (χ4n) is 4.35. The summed E-state index contributed by atoms with van der Waals surface area (Å²) in [4.78, 5) is 23.5. The van der Waals surface area contributed by atoms with E-state index in [0.29, 0.717) is 24.9 Å². The minimum Gasteiger partial charge on any atom is -0.484 e. The molecule has 1 aromatic heterocycles. The van der Waals surface area contributed by atoms with Crippen LogP contribution in [0.4, 0.5) is 11.6 Å². The molecule has 3 aromatic rings. The molecule has 2 aliphatic heterocycles. The van der Waals surface area contributed by atoms with Crippen LogP contribution in [0.25, 0.3) is 11.3 Å². The number of amides is 1. The normalized spacial score (nSPS) is 22.9. The van der Waals surface area contributed by atoms with E-state index in [0.717, 1.165) is 16.9 Å². The molecule has 2 aromatic carbocycles. The highest BCUT2D eigenvalue weighted by Gasteiger charge is 2.48. The second-order valence-corrected chi connectivity index (χ2v) is 8.83. The molecule has 4 atom stereocenters. The maximum Gasteiger partial charge on any atom is 0.258 e. The number of nitrogens with one attached hydrogen (secondary N) is 2. The molecule has 0 aliphatic carbocycles. The van der Waals surface area contributed by atoms with Gasteiger partial charge in [0.05, 0.1) is 31.0 Å². The minimum absolute atomic E-state index is 0.0598. The van der Waals surface area contributed by atoms with Gasteiger partial charge in [0.2, 0.25) is 5.95 Å². The lowest BCUT2D eigenvalue weighted by Gasteiger charge is -2.18. The Morgan fingerprint density at radius 2 is 1.71 bits per heavy atom. The van der Waals surface area contributed by atoms with Gasteiger partial charge in [-0.2, -0.15) is 0 Å². The van der Waals surface area contributed by atoms with Gasteiger partial charge in [-0.05, 0) is 30.3 Å². The van der Waals surface area contributed by atoms with Crippen molar-refractivity contribution in [3.05, 3.63) is 66.9 Å². The zero-order chi connectivity index (χ0) is 24.2. The smallest absolute Gasteiger partial charge is 0.258 e. The molecule has 0 unspecified atom stereocenters. The van der Waals surface area contributed by atoms with Crippen LogP contribution in [0, 0.1) is 0 Å². The maximum absolute atomic E-state index is 12.4. The number of carbonyl (C=O) groups is 1. The maximum atomic E-state index is 12.4. The van der Waals surface area contributed by atoms with Gasteiger partial charge in [-0.1, -0.05) is 30.3 Å². The van der Waals surface area contributed by atoms with Crippen LogP contribution >= 0.6 is 0 Å². The number of benzene rings is 2. The quantitative estimate of drug-likeness (QED) is 0.513. The van der Waals surface area contributed by atoms with Crippen LogP contribution in [-0.4, -0.2) is 74.1 Å². The van der Waals surface area contributed by atoms with Gasteiger partial charge in [0.1, 0.15) is 18.0 Å². The molecule has 0 spiro atoms. The summed E-state index contributed by atoms with van der Waals surface area (Å²) >= 11 is 0. The lowest BCUT2D eigenvalue weighted by molar-refractivity contribution is -0.124. The first-order valence-electron chi connectivity index (χ1n) is 11.6. The molecule has 182 valence electrons. The number of ether oxygens (including phenoxy) is 3. The van der Waals surface area contributed by atoms with Gasteiger partial charge in [0, 0.05) is 31.5 Å². The lowest BCUT2D eigenvalue weighted by atomic mass is 10.1. The van der Waals surface area contributed by atoms with Crippen LogP contribution < -0.4 is 20.3 Å². The molecule has 2 saturated heterocycles. The van der Waals surface area contributed by atoms with Crippen molar-refractivity contribution in [2.24, 2.45) is 0 Å². The number of rotatable bonds is 8. The summed E-state index contributed by atoms with van der Waals surface area (Å²) in [5.74, 6) is 0.959. The van der Waals surface area contributed by atoms with Crippen molar-refractivity contribution in [3.63, 3.8) is 0 Å². The average Bonchev–Trinajstić information content (AvgIpc) is 3.47. The van der Waals surface area contributed by atoms with Gasteiger partial charge in [-0.3, -0.25) is 4.79 Å². The Kier molecular flexibility index (Phi) is 6.78. The van der Waals surface area contributed by atoms with Crippen LogP contribution in [0.3, 0.4) is 0 Å². The molecule has 2 N–H and O–H groups in total. The molecule has 5 rings (SSSR count). The molecule has 0 bridgehead atoms. The summed E-state index contributed by atoms with van der Waals surface area (Å²) < 4.78 is 17.5. The van der Waals surface area contributed by atoms with Crippen molar-refractivity contribution in [3.8, 4) is 17.0 Å². The second kappa shape index (κ2) is 10.3. The summed E-state index contributed by atoms with van der Waals surface area (Å²) in [6.07, 6.45) is 1.29. The molecule has 35 heavy (non-hydrogen) atoms. The van der Waals surface area contributed by atoms with E-state index in [-0.39, 0.29) is 36.8 Å². The third kappa shape index (κ3) is 5.36. The summed E-state index contributed by atoms with van der Waals surface area (Å²) in [6.45, 7) is 0.757. The first kappa shape index (κ1) is 23.1. The first-order valence-corrected chi connectivity index (χ1v) is 11.6. The van der Waals surface area contributed by atoms with Gasteiger partial charge in [-0.25, -0.2) is 9.97 Å². The fraction of sp³-hybridized carbons (Fsp3) is 0.346. The van der Waals surface area contributed by atoms with E-state index in [1.54, 1.807) is 6.20 Å². The van der Waals surface area contributed by atoms with Crippen LogP contribution in [-0.2, 0) is 14.3 Å². The zero-order valence-corrected chi connectivity index (χ0v) is 19.8. The topological polar surface area (TPSA) is 97.8 Å². The number of para-hydroxylation sites is 1. The number of hydrogen-bond acceptors (Lipinski definition) is 8. The molecule has 2 aliphatic rings. The Balaban J connectivity index is 1.17. The summed E-state index contributed by atoms with van der Waals surface area (Å²) in [5, 5.41) is 6.33. The molecule has 3 heterocycles. The number of hydrogen-bond donors (Lipinski definition) is 2. The van der Waals surface area contributed by atoms with Crippen LogP contribution in [0.1, 0.15) is 0 Å².